The van der Waals surface area contributed by atoms with Crippen LogP contribution in [0.4, 0.5) is 23.2 Å². The maximum absolute atomic E-state index is 12.7. The number of hydrogen-bond acceptors (Lipinski definition) is 2. The van der Waals surface area contributed by atoms with Gasteiger partial charge in [0.05, 0.1) is 11.3 Å². The molecule has 0 fully saturated rings. The molecule has 0 saturated carbocycles. The van der Waals surface area contributed by atoms with E-state index >= 15 is 0 Å². The molecular weight excluding hydrogens is 284 g/mol. The summed E-state index contributed by atoms with van der Waals surface area (Å²) in [7, 11) is 0. The van der Waals surface area contributed by atoms with E-state index in [0.717, 1.165) is 17.7 Å². The van der Waals surface area contributed by atoms with E-state index in [0.29, 0.717) is 6.42 Å². The van der Waals surface area contributed by atoms with E-state index in [1.165, 1.54) is 30.5 Å². The molecule has 0 heterocycles. The predicted octanol–water partition coefficient (Wildman–Crippen LogP) is 4.48. The van der Waals surface area contributed by atoms with Crippen molar-refractivity contribution in [1.82, 2.24) is 0 Å². The molecule has 0 spiro atoms. The van der Waals surface area contributed by atoms with Gasteiger partial charge in [0.15, 0.2) is 0 Å². The largest absolute Gasteiger partial charge is 0.416 e. The van der Waals surface area contributed by atoms with E-state index in [-0.39, 0.29) is 11.5 Å². The van der Waals surface area contributed by atoms with Crippen molar-refractivity contribution < 1.29 is 17.6 Å². The number of rotatable bonds is 4. The van der Waals surface area contributed by atoms with E-state index in [1.807, 2.05) is 0 Å². The van der Waals surface area contributed by atoms with E-state index in [9.17, 15) is 17.6 Å². The van der Waals surface area contributed by atoms with Gasteiger partial charge in [0, 0.05) is 12.6 Å². The minimum atomic E-state index is -4.38. The van der Waals surface area contributed by atoms with E-state index in [1.54, 1.807) is 12.1 Å². The van der Waals surface area contributed by atoms with Gasteiger partial charge >= 0.3 is 6.18 Å². The van der Waals surface area contributed by atoms with Crippen molar-refractivity contribution in [3.05, 3.63) is 65.5 Å². The van der Waals surface area contributed by atoms with Crippen molar-refractivity contribution in [3.63, 3.8) is 0 Å². The number of benzene rings is 2. The Labute approximate surface area is 119 Å². The zero-order valence-corrected chi connectivity index (χ0v) is 10.9. The Hall–Kier alpha value is -2.37. The average molecular weight is 296 g/mol. The van der Waals surface area contributed by atoms with Crippen LogP contribution in [0.3, 0.4) is 0 Å². The van der Waals surface area contributed by atoms with Crippen LogP contribution in [0.5, 0.6) is 0 Å². The fourth-order valence-electron chi connectivity index (χ4n) is 1.66. The normalized spacial score (nSPS) is 11.8. The lowest BCUT2D eigenvalue weighted by Crippen LogP contribution is -2.05. The topological polar surface area (TPSA) is 24.4 Å². The summed E-state index contributed by atoms with van der Waals surface area (Å²) in [6, 6.07) is 10.7. The van der Waals surface area contributed by atoms with E-state index in [2.05, 4.69) is 10.5 Å². The molecule has 110 valence electrons. The molecule has 0 unspecified atom stereocenters. The minimum absolute atomic E-state index is 0.250. The van der Waals surface area contributed by atoms with Crippen molar-refractivity contribution in [2.24, 2.45) is 5.10 Å². The number of halogens is 4. The second kappa shape index (κ2) is 6.39. The lowest BCUT2D eigenvalue weighted by atomic mass is 10.2. The summed E-state index contributed by atoms with van der Waals surface area (Å²) in [6.07, 6.45) is -2.42. The van der Waals surface area contributed by atoms with Crippen LogP contribution in [0.25, 0.3) is 0 Å². The van der Waals surface area contributed by atoms with Crippen LogP contribution in [-0.2, 0) is 12.6 Å². The molecule has 0 saturated heterocycles. The van der Waals surface area contributed by atoms with Gasteiger partial charge < -0.3 is 0 Å². The highest BCUT2D eigenvalue weighted by atomic mass is 19.4. The Morgan fingerprint density at radius 2 is 1.76 bits per heavy atom. The highest BCUT2D eigenvalue weighted by molar-refractivity contribution is 5.63. The number of hydrazone groups is 1. The first-order chi connectivity index (χ1) is 9.95. The smallest absolute Gasteiger partial charge is 0.279 e. The monoisotopic (exact) mass is 296 g/mol. The summed E-state index contributed by atoms with van der Waals surface area (Å²) in [5, 5.41) is 3.85. The maximum atomic E-state index is 12.7. The summed E-state index contributed by atoms with van der Waals surface area (Å²) in [6.45, 7) is 0. The highest BCUT2D eigenvalue weighted by Crippen LogP contribution is 2.30. The summed E-state index contributed by atoms with van der Waals surface area (Å²) < 4.78 is 50.2. The van der Waals surface area contributed by atoms with Gasteiger partial charge in [0.2, 0.25) is 0 Å². The summed E-state index contributed by atoms with van der Waals surface area (Å²) in [5.74, 6) is -0.322. The van der Waals surface area contributed by atoms with Crippen LogP contribution in [0.1, 0.15) is 11.1 Å². The standard InChI is InChI=1S/C15H12F4N2/c16-13-6-4-11(5-7-13)8-9-20-21-14-3-1-2-12(10-14)15(17,18)19/h1-7,9-10,21H,8H2. The molecule has 2 rings (SSSR count). The van der Waals surface area contributed by atoms with Crippen LogP contribution in [0, 0.1) is 5.82 Å². The van der Waals surface area contributed by atoms with Gasteiger partial charge in [-0.25, -0.2) is 4.39 Å². The lowest BCUT2D eigenvalue weighted by molar-refractivity contribution is -0.137. The minimum Gasteiger partial charge on any atom is -0.279 e. The Balaban J connectivity index is 1.93. The van der Waals surface area contributed by atoms with Crippen LogP contribution >= 0.6 is 0 Å². The van der Waals surface area contributed by atoms with E-state index in [4.69, 9.17) is 0 Å². The van der Waals surface area contributed by atoms with Crippen LogP contribution in [-0.4, -0.2) is 6.21 Å². The molecule has 0 aromatic heterocycles. The molecular formula is C15H12F4N2. The quantitative estimate of drug-likeness (QED) is 0.502. The van der Waals surface area contributed by atoms with Gasteiger partial charge in [-0.3, -0.25) is 5.43 Å². The second-order valence-electron chi connectivity index (χ2n) is 4.33. The van der Waals surface area contributed by atoms with Crippen molar-refractivity contribution in [2.75, 3.05) is 5.43 Å². The fraction of sp³-hybridized carbons (Fsp3) is 0.133. The second-order valence-corrected chi connectivity index (χ2v) is 4.33. The third-order valence-electron chi connectivity index (χ3n) is 2.72. The van der Waals surface area contributed by atoms with Crippen molar-refractivity contribution in [3.8, 4) is 0 Å². The Morgan fingerprint density at radius 1 is 1.05 bits per heavy atom. The molecule has 0 atom stereocenters. The first kappa shape index (κ1) is 15.0. The van der Waals surface area contributed by atoms with Gasteiger partial charge in [0.1, 0.15) is 5.82 Å². The average Bonchev–Trinajstić information content (AvgIpc) is 2.45. The zero-order valence-electron chi connectivity index (χ0n) is 10.9. The lowest BCUT2D eigenvalue weighted by Gasteiger charge is -2.07. The summed E-state index contributed by atoms with van der Waals surface area (Å²) >= 11 is 0. The Kier molecular flexibility index (Phi) is 4.57. The number of nitrogens with zero attached hydrogens (tertiary/aromatic N) is 1. The SMILES string of the molecule is Fc1ccc(CC=NNc2cccc(C(F)(F)F)c2)cc1. The first-order valence-electron chi connectivity index (χ1n) is 6.14. The number of nitrogens with one attached hydrogen (secondary N) is 1. The number of hydrogen-bond donors (Lipinski definition) is 1. The van der Waals surface area contributed by atoms with Gasteiger partial charge in [-0.05, 0) is 35.9 Å². The Morgan fingerprint density at radius 3 is 2.43 bits per heavy atom. The van der Waals surface area contributed by atoms with Crippen molar-refractivity contribution in [2.45, 2.75) is 12.6 Å². The van der Waals surface area contributed by atoms with Crippen molar-refractivity contribution in [1.29, 1.82) is 0 Å². The molecule has 2 nitrogen and oxygen atoms in total. The maximum Gasteiger partial charge on any atom is 0.416 e. The van der Waals surface area contributed by atoms with Gasteiger partial charge in [-0.1, -0.05) is 18.2 Å². The molecule has 2 aromatic rings. The van der Waals surface area contributed by atoms with E-state index < -0.39 is 11.7 Å². The fourth-order valence-corrected chi connectivity index (χ4v) is 1.66. The van der Waals surface area contributed by atoms with Gasteiger partial charge in [0.25, 0.3) is 0 Å². The third-order valence-corrected chi connectivity index (χ3v) is 2.72. The molecule has 6 heteroatoms. The number of alkyl halides is 3. The molecule has 0 amide bonds. The molecule has 0 aliphatic heterocycles. The van der Waals surface area contributed by atoms with Gasteiger partial charge in [-0.2, -0.15) is 18.3 Å². The van der Waals surface area contributed by atoms with Crippen LogP contribution in [0.2, 0.25) is 0 Å². The summed E-state index contributed by atoms with van der Waals surface area (Å²) in [4.78, 5) is 0. The predicted molar refractivity (Wildman–Crippen MR) is 73.7 cm³/mol. The van der Waals surface area contributed by atoms with Gasteiger partial charge in [-0.15, -0.1) is 0 Å². The molecule has 1 N–H and O–H groups in total. The molecule has 21 heavy (non-hydrogen) atoms. The van der Waals surface area contributed by atoms with Crippen LogP contribution < -0.4 is 5.43 Å². The Bertz CT molecular complexity index is 618. The molecule has 0 bridgehead atoms. The first-order valence-corrected chi connectivity index (χ1v) is 6.14. The molecule has 0 aliphatic rings. The summed E-state index contributed by atoms with van der Waals surface area (Å²) in [5.41, 5.74) is 2.90. The number of anilines is 1. The molecule has 2 aromatic carbocycles. The molecule has 0 aliphatic carbocycles. The zero-order chi connectivity index (χ0) is 15.3. The third kappa shape index (κ3) is 4.59. The van der Waals surface area contributed by atoms with Crippen LogP contribution in [0.15, 0.2) is 53.6 Å². The van der Waals surface area contributed by atoms with Crippen molar-refractivity contribution >= 4 is 11.9 Å². The highest BCUT2D eigenvalue weighted by Gasteiger charge is 2.30. The molecule has 0 radical (unpaired) electrons.